The Morgan fingerprint density at radius 2 is 1.79 bits per heavy atom. The number of rotatable bonds is 7. The number of hydrogen-bond acceptors (Lipinski definition) is 5. The van der Waals surface area contributed by atoms with E-state index in [0.29, 0.717) is 11.3 Å². The molecule has 0 aliphatic carbocycles. The molecule has 2 rings (SSSR count). The second kappa shape index (κ2) is 9.17. The topological polar surface area (TPSA) is 84.9 Å². The molecule has 0 aliphatic heterocycles. The fraction of sp³-hybridized carbons (Fsp3) is 0.381. The first-order valence-electron chi connectivity index (χ1n) is 9.21. The van der Waals surface area contributed by atoms with E-state index in [-0.39, 0.29) is 24.4 Å². The van der Waals surface area contributed by atoms with Crippen molar-refractivity contribution in [1.82, 2.24) is 4.90 Å². The van der Waals surface area contributed by atoms with Gasteiger partial charge in [-0.05, 0) is 57.0 Å². The number of aryl methyl sites for hydroxylation is 2. The zero-order chi connectivity index (χ0) is 21.8. The van der Waals surface area contributed by atoms with Gasteiger partial charge in [-0.1, -0.05) is 23.8 Å². The van der Waals surface area contributed by atoms with Gasteiger partial charge in [-0.15, -0.1) is 0 Å². The van der Waals surface area contributed by atoms with Gasteiger partial charge in [-0.2, -0.15) is 8.42 Å². The van der Waals surface area contributed by atoms with Gasteiger partial charge in [0.1, 0.15) is 0 Å². The normalized spacial score (nSPS) is 11.3. The van der Waals surface area contributed by atoms with Crippen molar-refractivity contribution in [2.75, 3.05) is 18.7 Å². The van der Waals surface area contributed by atoms with Crippen LogP contribution in [0.15, 0.2) is 36.4 Å². The molecule has 0 spiro atoms. The fourth-order valence-corrected chi connectivity index (χ4v) is 3.33. The quantitative estimate of drug-likeness (QED) is 0.682. The van der Waals surface area contributed by atoms with Crippen LogP contribution < -0.4 is 14.2 Å². The summed E-state index contributed by atoms with van der Waals surface area (Å²) in [6.45, 7) is 8.05. The number of amides is 2. The highest BCUT2D eigenvalue weighted by atomic mass is 32.2. The summed E-state index contributed by atoms with van der Waals surface area (Å²) in [5.74, 6) is 0.390. The Kier molecular flexibility index (Phi) is 7.13. The molecule has 1 N–H and O–H groups in total. The largest absolute Gasteiger partial charge is 0.493 e. The van der Waals surface area contributed by atoms with Crippen molar-refractivity contribution in [3.05, 3.63) is 53.1 Å². The van der Waals surface area contributed by atoms with Crippen LogP contribution in [0, 0.1) is 13.8 Å². The molecule has 0 radical (unpaired) electrons. The number of urea groups is 1. The van der Waals surface area contributed by atoms with Crippen LogP contribution in [0.3, 0.4) is 0 Å². The minimum absolute atomic E-state index is 0.0814. The van der Waals surface area contributed by atoms with E-state index in [1.165, 1.54) is 7.11 Å². The Morgan fingerprint density at radius 1 is 1.10 bits per heavy atom. The van der Waals surface area contributed by atoms with Crippen LogP contribution in [0.25, 0.3) is 0 Å². The van der Waals surface area contributed by atoms with Gasteiger partial charge >= 0.3 is 16.1 Å². The molecule has 0 aromatic heterocycles. The predicted octanol–water partition coefficient (Wildman–Crippen LogP) is 4.09. The molecular weight excluding hydrogens is 392 g/mol. The van der Waals surface area contributed by atoms with E-state index >= 15 is 0 Å². The number of hydrogen-bond donors (Lipinski definition) is 1. The molecule has 2 amide bonds. The van der Waals surface area contributed by atoms with Gasteiger partial charge in [0.15, 0.2) is 11.5 Å². The number of benzene rings is 2. The van der Waals surface area contributed by atoms with Crippen molar-refractivity contribution in [2.45, 2.75) is 40.3 Å². The zero-order valence-corrected chi connectivity index (χ0v) is 18.5. The first kappa shape index (κ1) is 22.5. The molecule has 7 nitrogen and oxygen atoms in total. The standard InChI is InChI=1S/C21H28N2O5S/c1-14(2)23(21(24)22-18-9-7-15(3)11-16(18)4)13-17-8-10-19(27-5)20(12-17)28-29(6,25)26/h7-12,14H,13H2,1-6H3,(H,22,24). The second-order valence-electron chi connectivity index (χ2n) is 7.24. The van der Waals surface area contributed by atoms with Crippen molar-refractivity contribution in [3.63, 3.8) is 0 Å². The van der Waals surface area contributed by atoms with E-state index in [1.807, 2.05) is 45.9 Å². The van der Waals surface area contributed by atoms with E-state index in [0.717, 1.165) is 23.1 Å². The Balaban J connectivity index is 2.25. The van der Waals surface area contributed by atoms with E-state index in [2.05, 4.69) is 5.32 Å². The van der Waals surface area contributed by atoms with Gasteiger partial charge < -0.3 is 19.1 Å². The van der Waals surface area contributed by atoms with Crippen LogP contribution in [-0.2, 0) is 16.7 Å². The van der Waals surface area contributed by atoms with Crippen molar-refractivity contribution in [1.29, 1.82) is 0 Å². The molecule has 0 bridgehead atoms. The third kappa shape index (κ3) is 6.39. The van der Waals surface area contributed by atoms with Crippen LogP contribution in [0.2, 0.25) is 0 Å². The van der Waals surface area contributed by atoms with Crippen LogP contribution in [0.4, 0.5) is 10.5 Å². The molecule has 29 heavy (non-hydrogen) atoms. The molecule has 2 aromatic carbocycles. The molecule has 2 aromatic rings. The molecule has 158 valence electrons. The number of carbonyl (C=O) groups is 1. The summed E-state index contributed by atoms with van der Waals surface area (Å²) >= 11 is 0. The van der Waals surface area contributed by atoms with Crippen molar-refractivity contribution >= 4 is 21.8 Å². The second-order valence-corrected chi connectivity index (χ2v) is 8.82. The van der Waals surface area contributed by atoms with E-state index in [4.69, 9.17) is 8.92 Å². The summed E-state index contributed by atoms with van der Waals surface area (Å²) in [6, 6.07) is 10.5. The fourth-order valence-electron chi connectivity index (χ4n) is 2.87. The lowest BCUT2D eigenvalue weighted by atomic mass is 10.1. The van der Waals surface area contributed by atoms with Gasteiger partial charge in [0, 0.05) is 18.3 Å². The summed E-state index contributed by atoms with van der Waals surface area (Å²) in [5, 5.41) is 2.95. The average Bonchev–Trinajstić information content (AvgIpc) is 2.60. The summed E-state index contributed by atoms with van der Waals surface area (Å²) < 4.78 is 33.2. The maximum Gasteiger partial charge on any atom is 0.322 e. The molecule has 0 aliphatic rings. The SMILES string of the molecule is COc1ccc(CN(C(=O)Nc2ccc(C)cc2C)C(C)C)cc1OS(C)(=O)=O. The minimum atomic E-state index is -3.71. The number of carbonyl (C=O) groups excluding carboxylic acids is 1. The van der Waals surface area contributed by atoms with Gasteiger partial charge in [0.25, 0.3) is 0 Å². The van der Waals surface area contributed by atoms with E-state index in [9.17, 15) is 13.2 Å². The Bertz CT molecular complexity index is 987. The lowest BCUT2D eigenvalue weighted by Gasteiger charge is -2.27. The van der Waals surface area contributed by atoms with Crippen LogP contribution >= 0.6 is 0 Å². The van der Waals surface area contributed by atoms with Gasteiger partial charge in [-0.25, -0.2) is 4.79 Å². The van der Waals surface area contributed by atoms with Crippen molar-refractivity contribution in [2.24, 2.45) is 0 Å². The summed E-state index contributed by atoms with van der Waals surface area (Å²) in [6.07, 6.45) is 0.969. The number of methoxy groups -OCH3 is 1. The van der Waals surface area contributed by atoms with Crippen LogP contribution in [-0.4, -0.2) is 38.8 Å². The van der Waals surface area contributed by atoms with Gasteiger partial charge in [-0.3, -0.25) is 0 Å². The lowest BCUT2D eigenvalue weighted by molar-refractivity contribution is 0.193. The predicted molar refractivity (Wildman–Crippen MR) is 114 cm³/mol. The number of nitrogens with zero attached hydrogens (tertiary/aromatic N) is 1. The zero-order valence-electron chi connectivity index (χ0n) is 17.6. The Morgan fingerprint density at radius 3 is 2.34 bits per heavy atom. The number of nitrogens with one attached hydrogen (secondary N) is 1. The smallest absolute Gasteiger partial charge is 0.322 e. The lowest BCUT2D eigenvalue weighted by Crippen LogP contribution is -2.39. The maximum atomic E-state index is 12.9. The first-order valence-corrected chi connectivity index (χ1v) is 11.0. The Hall–Kier alpha value is -2.74. The van der Waals surface area contributed by atoms with Crippen molar-refractivity contribution in [3.8, 4) is 11.5 Å². The monoisotopic (exact) mass is 420 g/mol. The molecule has 0 saturated carbocycles. The highest BCUT2D eigenvalue weighted by Crippen LogP contribution is 2.30. The van der Waals surface area contributed by atoms with Crippen LogP contribution in [0.5, 0.6) is 11.5 Å². The van der Waals surface area contributed by atoms with Crippen molar-refractivity contribution < 1.29 is 22.1 Å². The molecule has 0 fully saturated rings. The summed E-state index contributed by atoms with van der Waals surface area (Å²) in [5.41, 5.74) is 3.57. The highest BCUT2D eigenvalue weighted by Gasteiger charge is 2.20. The molecule has 0 heterocycles. The van der Waals surface area contributed by atoms with Gasteiger partial charge in [0.05, 0.1) is 13.4 Å². The van der Waals surface area contributed by atoms with E-state index < -0.39 is 10.1 Å². The molecular formula is C21H28N2O5S. The minimum Gasteiger partial charge on any atom is -0.493 e. The maximum absolute atomic E-state index is 12.9. The first-order chi connectivity index (χ1) is 13.5. The molecule has 0 atom stereocenters. The highest BCUT2D eigenvalue weighted by molar-refractivity contribution is 7.86. The molecule has 0 unspecified atom stereocenters. The van der Waals surface area contributed by atoms with E-state index in [1.54, 1.807) is 23.1 Å². The third-order valence-electron chi connectivity index (χ3n) is 4.33. The summed E-state index contributed by atoms with van der Waals surface area (Å²) in [4.78, 5) is 14.6. The number of anilines is 1. The van der Waals surface area contributed by atoms with Crippen LogP contribution in [0.1, 0.15) is 30.5 Å². The average molecular weight is 421 g/mol. The molecule has 8 heteroatoms. The summed E-state index contributed by atoms with van der Waals surface area (Å²) in [7, 11) is -2.28. The Labute approximate surface area is 172 Å². The third-order valence-corrected chi connectivity index (χ3v) is 4.81. The molecule has 0 saturated heterocycles. The van der Waals surface area contributed by atoms with Gasteiger partial charge in [0.2, 0.25) is 0 Å². The number of ether oxygens (including phenoxy) is 1.